The molecule has 6 heteroatoms. The molecule has 108 valence electrons. The van der Waals surface area contributed by atoms with Crippen molar-refractivity contribution in [3.63, 3.8) is 0 Å². The summed E-state index contributed by atoms with van der Waals surface area (Å²) >= 11 is 5.90. The van der Waals surface area contributed by atoms with Gasteiger partial charge in [0.1, 0.15) is 0 Å². The van der Waals surface area contributed by atoms with E-state index in [-0.39, 0.29) is 12.5 Å². The molecule has 1 fully saturated rings. The van der Waals surface area contributed by atoms with Gasteiger partial charge in [-0.2, -0.15) is 0 Å². The number of carbonyl (C=O) groups is 2. The number of nitrogens with two attached hydrogens (primary N) is 1. The third kappa shape index (κ3) is 3.22. The van der Waals surface area contributed by atoms with Crippen LogP contribution in [0.2, 0.25) is 5.02 Å². The molecule has 0 saturated carbocycles. The van der Waals surface area contributed by atoms with Crippen molar-refractivity contribution in [2.24, 2.45) is 5.73 Å². The van der Waals surface area contributed by atoms with E-state index < -0.39 is 11.9 Å². The van der Waals surface area contributed by atoms with E-state index in [1.54, 1.807) is 12.1 Å². The Labute approximate surface area is 122 Å². The molecule has 0 spiro atoms. The molecule has 3 N–H and O–H groups in total. The number of primary amides is 1. The molecule has 1 saturated heterocycles. The van der Waals surface area contributed by atoms with Crippen LogP contribution in [-0.4, -0.2) is 29.6 Å². The van der Waals surface area contributed by atoms with Gasteiger partial charge in [0, 0.05) is 23.3 Å². The van der Waals surface area contributed by atoms with E-state index in [0.29, 0.717) is 16.3 Å². The molecular formula is C14H17ClN2O3. The number of nitrogens with zero attached hydrogens (tertiary/aromatic N) is 1. The second kappa shape index (κ2) is 6.13. The summed E-state index contributed by atoms with van der Waals surface area (Å²) in [5, 5.41) is 9.45. The molecular weight excluding hydrogens is 280 g/mol. The number of carbonyl (C=O) groups excluding carboxylic acids is 1. The van der Waals surface area contributed by atoms with Gasteiger partial charge in [-0.05, 0) is 37.5 Å². The molecule has 2 rings (SSSR count). The zero-order chi connectivity index (χ0) is 14.7. The lowest BCUT2D eigenvalue weighted by atomic mass is 9.97. The number of carboxylic acid groups (broad SMARTS) is 1. The normalized spacial score (nSPS) is 18.9. The zero-order valence-electron chi connectivity index (χ0n) is 11.0. The minimum absolute atomic E-state index is 0.0564. The van der Waals surface area contributed by atoms with Gasteiger partial charge in [0.2, 0.25) is 0 Å². The Morgan fingerprint density at radius 1 is 1.40 bits per heavy atom. The number of carboxylic acids is 1. The van der Waals surface area contributed by atoms with Gasteiger partial charge in [-0.25, -0.2) is 0 Å². The van der Waals surface area contributed by atoms with E-state index >= 15 is 0 Å². The van der Waals surface area contributed by atoms with E-state index in [1.165, 1.54) is 6.07 Å². The number of aliphatic carboxylic acids is 1. The van der Waals surface area contributed by atoms with Crippen LogP contribution in [0, 0.1) is 0 Å². The number of hydrogen-bond donors (Lipinski definition) is 2. The Hall–Kier alpha value is -1.75. The van der Waals surface area contributed by atoms with Gasteiger partial charge in [-0.3, -0.25) is 9.59 Å². The van der Waals surface area contributed by atoms with Crippen molar-refractivity contribution >= 4 is 29.2 Å². The molecule has 1 atom stereocenters. The molecule has 20 heavy (non-hydrogen) atoms. The van der Waals surface area contributed by atoms with Crippen molar-refractivity contribution in [2.45, 2.75) is 31.7 Å². The Morgan fingerprint density at radius 2 is 2.15 bits per heavy atom. The van der Waals surface area contributed by atoms with E-state index in [2.05, 4.69) is 0 Å². The van der Waals surface area contributed by atoms with Crippen LogP contribution in [-0.2, 0) is 4.79 Å². The smallest absolute Gasteiger partial charge is 0.305 e. The maximum absolute atomic E-state index is 11.6. The van der Waals surface area contributed by atoms with Crippen LogP contribution in [0.4, 0.5) is 5.69 Å². The van der Waals surface area contributed by atoms with E-state index in [4.69, 9.17) is 22.4 Å². The van der Waals surface area contributed by atoms with Gasteiger partial charge in [0.25, 0.3) is 5.91 Å². The molecule has 0 bridgehead atoms. The molecule has 1 amide bonds. The van der Waals surface area contributed by atoms with Crippen molar-refractivity contribution in [3.8, 4) is 0 Å². The summed E-state index contributed by atoms with van der Waals surface area (Å²) in [5.74, 6) is -1.39. The number of benzene rings is 1. The standard InChI is InChI=1S/C14H17ClN2O3/c15-9-4-5-12(11(7-9)14(16)20)17-6-2-1-3-10(17)8-13(18)19/h4-5,7,10H,1-3,6,8H2,(H2,16,20)(H,18,19). The van der Waals surface area contributed by atoms with Crippen molar-refractivity contribution in [2.75, 3.05) is 11.4 Å². The SMILES string of the molecule is NC(=O)c1cc(Cl)ccc1N1CCCCC1CC(=O)O. The lowest BCUT2D eigenvalue weighted by Crippen LogP contribution is -2.42. The first-order chi connectivity index (χ1) is 9.49. The van der Waals surface area contributed by atoms with Crippen molar-refractivity contribution in [1.29, 1.82) is 0 Å². The van der Waals surface area contributed by atoms with E-state index in [9.17, 15) is 9.59 Å². The third-order valence-corrected chi connectivity index (χ3v) is 3.81. The molecule has 0 aromatic heterocycles. The molecule has 0 aliphatic carbocycles. The summed E-state index contributed by atoms with van der Waals surface area (Å²) in [7, 11) is 0. The van der Waals surface area contributed by atoms with E-state index in [1.807, 2.05) is 4.90 Å². The van der Waals surface area contributed by atoms with Gasteiger partial charge in [-0.15, -0.1) is 0 Å². The highest BCUT2D eigenvalue weighted by Crippen LogP contribution is 2.31. The lowest BCUT2D eigenvalue weighted by molar-refractivity contribution is -0.137. The summed E-state index contributed by atoms with van der Waals surface area (Å²) < 4.78 is 0. The third-order valence-electron chi connectivity index (χ3n) is 3.57. The maximum Gasteiger partial charge on any atom is 0.305 e. The largest absolute Gasteiger partial charge is 0.481 e. The molecule has 1 unspecified atom stereocenters. The van der Waals surface area contributed by atoms with E-state index in [0.717, 1.165) is 25.8 Å². The van der Waals surface area contributed by atoms with Crippen LogP contribution < -0.4 is 10.6 Å². The van der Waals surface area contributed by atoms with Gasteiger partial charge >= 0.3 is 5.97 Å². The van der Waals surface area contributed by atoms with Crippen molar-refractivity contribution in [3.05, 3.63) is 28.8 Å². The predicted molar refractivity (Wildman–Crippen MR) is 77.2 cm³/mol. The highest BCUT2D eigenvalue weighted by atomic mass is 35.5. The van der Waals surface area contributed by atoms with Crippen molar-refractivity contribution in [1.82, 2.24) is 0 Å². The highest BCUT2D eigenvalue weighted by molar-refractivity contribution is 6.31. The fourth-order valence-electron chi connectivity index (χ4n) is 2.69. The van der Waals surface area contributed by atoms with Gasteiger partial charge < -0.3 is 15.7 Å². The molecule has 1 heterocycles. The lowest BCUT2D eigenvalue weighted by Gasteiger charge is -2.37. The van der Waals surface area contributed by atoms with Crippen LogP contribution in [0.3, 0.4) is 0 Å². The first-order valence-electron chi connectivity index (χ1n) is 6.57. The van der Waals surface area contributed by atoms with Crippen LogP contribution in [0.5, 0.6) is 0 Å². The minimum Gasteiger partial charge on any atom is -0.481 e. The summed E-state index contributed by atoms with van der Waals surface area (Å²) in [5.41, 5.74) is 6.41. The monoisotopic (exact) mass is 296 g/mol. The number of amides is 1. The summed E-state index contributed by atoms with van der Waals surface area (Å²) in [6.45, 7) is 0.722. The first kappa shape index (κ1) is 14.7. The second-order valence-corrected chi connectivity index (χ2v) is 5.40. The number of anilines is 1. The zero-order valence-corrected chi connectivity index (χ0v) is 11.8. The highest BCUT2D eigenvalue weighted by Gasteiger charge is 2.27. The fourth-order valence-corrected chi connectivity index (χ4v) is 2.86. The summed E-state index contributed by atoms with van der Waals surface area (Å²) in [6.07, 6.45) is 2.82. The number of rotatable bonds is 4. The fraction of sp³-hybridized carbons (Fsp3) is 0.429. The van der Waals surface area contributed by atoms with Gasteiger partial charge in [-0.1, -0.05) is 11.6 Å². The van der Waals surface area contributed by atoms with Crippen LogP contribution in [0.1, 0.15) is 36.0 Å². The Balaban J connectivity index is 2.36. The molecule has 1 aromatic rings. The van der Waals surface area contributed by atoms with Crippen LogP contribution in [0.25, 0.3) is 0 Å². The average Bonchev–Trinajstić information content (AvgIpc) is 2.39. The Bertz CT molecular complexity index is 533. The van der Waals surface area contributed by atoms with Crippen molar-refractivity contribution < 1.29 is 14.7 Å². The Morgan fingerprint density at radius 3 is 2.80 bits per heavy atom. The number of piperidine rings is 1. The van der Waals surface area contributed by atoms with Crippen LogP contribution in [0.15, 0.2) is 18.2 Å². The average molecular weight is 297 g/mol. The predicted octanol–water partition coefficient (Wildman–Crippen LogP) is 2.27. The molecule has 0 radical (unpaired) electrons. The topological polar surface area (TPSA) is 83.6 Å². The summed E-state index contributed by atoms with van der Waals surface area (Å²) in [6, 6.07) is 4.85. The molecule has 1 aliphatic heterocycles. The second-order valence-electron chi connectivity index (χ2n) is 4.97. The maximum atomic E-state index is 11.6. The first-order valence-corrected chi connectivity index (χ1v) is 6.94. The molecule has 1 aliphatic rings. The molecule has 5 nitrogen and oxygen atoms in total. The molecule has 1 aromatic carbocycles. The number of halogens is 1. The minimum atomic E-state index is -0.837. The number of hydrogen-bond acceptors (Lipinski definition) is 3. The van der Waals surface area contributed by atoms with Crippen LogP contribution >= 0.6 is 11.6 Å². The van der Waals surface area contributed by atoms with Gasteiger partial charge in [0.05, 0.1) is 12.0 Å². The summed E-state index contributed by atoms with van der Waals surface area (Å²) in [4.78, 5) is 24.5. The Kier molecular flexibility index (Phi) is 4.49. The van der Waals surface area contributed by atoms with Gasteiger partial charge in [0.15, 0.2) is 0 Å². The quantitative estimate of drug-likeness (QED) is 0.893.